The van der Waals surface area contributed by atoms with Crippen LogP contribution in [-0.4, -0.2) is 62.8 Å². The van der Waals surface area contributed by atoms with E-state index in [1.165, 1.54) is 12.8 Å². The Balaban J connectivity index is 0.00000205. The molecule has 1 saturated carbocycles. The highest BCUT2D eigenvalue weighted by Gasteiger charge is 2.25. The van der Waals surface area contributed by atoms with Gasteiger partial charge in [0.25, 0.3) is 0 Å². The molecular formula is C31H43Cl3FN5O2. The van der Waals surface area contributed by atoms with E-state index in [1.54, 1.807) is 4.90 Å². The summed E-state index contributed by atoms with van der Waals surface area (Å²) in [6, 6.07) is 9.90. The maximum absolute atomic E-state index is 15.0. The molecule has 42 heavy (non-hydrogen) atoms. The topological polar surface area (TPSA) is 68.8 Å². The third-order valence-corrected chi connectivity index (χ3v) is 8.11. The molecule has 5 rings (SSSR count). The van der Waals surface area contributed by atoms with Gasteiger partial charge in [-0.05, 0) is 95.7 Å². The van der Waals surface area contributed by atoms with Crippen LogP contribution in [0.3, 0.4) is 0 Å². The molecule has 0 radical (unpaired) electrons. The van der Waals surface area contributed by atoms with E-state index >= 15 is 4.39 Å². The number of hydrogen-bond donors (Lipinski definition) is 0. The first-order valence-electron chi connectivity index (χ1n) is 14.1. The Bertz CT molecular complexity index is 1350. The molecule has 7 nitrogen and oxygen atoms in total. The molecule has 1 aliphatic carbocycles. The monoisotopic (exact) mass is 641 g/mol. The van der Waals surface area contributed by atoms with Crippen molar-refractivity contribution in [3.8, 4) is 11.8 Å². The number of aromatic nitrogens is 1. The van der Waals surface area contributed by atoms with E-state index in [9.17, 15) is 5.26 Å². The number of hydrogen-bond acceptors (Lipinski definition) is 7. The van der Waals surface area contributed by atoms with Crippen LogP contribution < -0.4 is 9.64 Å². The van der Waals surface area contributed by atoms with Crippen LogP contribution in [-0.2, 0) is 19.5 Å². The Morgan fingerprint density at radius 2 is 1.74 bits per heavy atom. The number of fused-ring (bicyclic) bond motifs is 1. The summed E-state index contributed by atoms with van der Waals surface area (Å²) >= 11 is 0. The average molecular weight is 643 g/mol. The fourth-order valence-electron chi connectivity index (χ4n) is 5.59. The third-order valence-electron chi connectivity index (χ3n) is 8.11. The highest BCUT2D eigenvalue weighted by Crippen LogP contribution is 2.35. The molecule has 0 unspecified atom stereocenters. The van der Waals surface area contributed by atoms with E-state index in [4.69, 9.17) is 9.26 Å². The van der Waals surface area contributed by atoms with Crippen LogP contribution in [0, 0.1) is 29.0 Å². The van der Waals surface area contributed by atoms with Gasteiger partial charge in [-0.25, -0.2) is 4.39 Å². The quantitative estimate of drug-likeness (QED) is 0.226. The molecule has 2 heterocycles. The van der Waals surface area contributed by atoms with Gasteiger partial charge in [0, 0.05) is 38.1 Å². The standard InChI is InChI=1S/C31H40FN5O2.3ClH/c1-35(2)19-26-29(38-20-22-5-6-22)12-9-24-27(34-39-31(24)26)10-7-21-13-15-37(16-14-21)18-23-8-11-28(36(3)4)25(17-33)30(23)32;;;/h8-9,11-12,21-22H,5-7,10,13-16,18-20H2,1-4H3;3*1H. The first-order chi connectivity index (χ1) is 18.8. The van der Waals surface area contributed by atoms with Gasteiger partial charge in [-0.15, -0.1) is 37.2 Å². The molecule has 2 fully saturated rings. The van der Waals surface area contributed by atoms with Crippen molar-refractivity contribution >= 4 is 53.9 Å². The number of nitriles is 1. The number of nitrogens with zero attached hydrogens (tertiary/aromatic N) is 5. The lowest BCUT2D eigenvalue weighted by atomic mass is 9.90. The van der Waals surface area contributed by atoms with Gasteiger partial charge in [0.05, 0.1) is 23.6 Å². The van der Waals surface area contributed by atoms with Crippen LogP contribution in [0.2, 0.25) is 0 Å². The molecule has 1 saturated heterocycles. The molecule has 11 heteroatoms. The predicted molar refractivity (Wildman–Crippen MR) is 173 cm³/mol. The van der Waals surface area contributed by atoms with Gasteiger partial charge >= 0.3 is 0 Å². The molecule has 0 bridgehead atoms. The molecule has 0 spiro atoms. The van der Waals surface area contributed by atoms with Gasteiger partial charge in [-0.2, -0.15) is 5.26 Å². The van der Waals surface area contributed by atoms with E-state index < -0.39 is 5.82 Å². The normalized spacial score (nSPS) is 15.5. The smallest absolute Gasteiger partial charge is 0.175 e. The van der Waals surface area contributed by atoms with Crippen molar-refractivity contribution in [1.82, 2.24) is 15.0 Å². The van der Waals surface area contributed by atoms with Crippen molar-refractivity contribution in [2.24, 2.45) is 11.8 Å². The second-order valence-electron chi connectivity index (χ2n) is 11.7. The third kappa shape index (κ3) is 8.42. The van der Waals surface area contributed by atoms with Gasteiger partial charge in [-0.3, -0.25) is 4.90 Å². The minimum absolute atomic E-state index is 0. The van der Waals surface area contributed by atoms with Crippen molar-refractivity contribution in [2.45, 2.75) is 51.6 Å². The lowest BCUT2D eigenvalue weighted by Crippen LogP contribution is -2.33. The van der Waals surface area contributed by atoms with E-state index in [0.29, 0.717) is 29.6 Å². The minimum Gasteiger partial charge on any atom is -0.493 e. The second-order valence-corrected chi connectivity index (χ2v) is 11.7. The summed E-state index contributed by atoms with van der Waals surface area (Å²) in [5.41, 5.74) is 4.29. The lowest BCUT2D eigenvalue weighted by Gasteiger charge is -2.32. The number of likely N-dealkylation sites (tertiary alicyclic amines) is 1. The molecule has 2 aliphatic rings. The molecule has 0 N–H and O–H groups in total. The summed E-state index contributed by atoms with van der Waals surface area (Å²) in [7, 11) is 7.77. The fraction of sp³-hybridized carbons (Fsp3) is 0.548. The molecular weight excluding hydrogens is 600 g/mol. The number of anilines is 1. The summed E-state index contributed by atoms with van der Waals surface area (Å²) in [6.45, 7) is 3.91. The summed E-state index contributed by atoms with van der Waals surface area (Å²) in [5.74, 6) is 1.82. The van der Waals surface area contributed by atoms with Crippen molar-refractivity contribution < 1.29 is 13.7 Å². The maximum Gasteiger partial charge on any atom is 0.175 e. The zero-order valence-corrected chi connectivity index (χ0v) is 27.3. The van der Waals surface area contributed by atoms with Crippen molar-refractivity contribution in [1.29, 1.82) is 5.26 Å². The van der Waals surface area contributed by atoms with E-state index in [-0.39, 0.29) is 42.8 Å². The van der Waals surface area contributed by atoms with Crippen LogP contribution in [0.1, 0.15) is 54.5 Å². The van der Waals surface area contributed by atoms with Crippen LogP contribution >= 0.6 is 37.2 Å². The Morgan fingerprint density at radius 1 is 1.02 bits per heavy atom. The molecule has 1 aliphatic heterocycles. The largest absolute Gasteiger partial charge is 0.493 e. The molecule has 1 aromatic heterocycles. The SMILES string of the molecule is CN(C)Cc1c(OCC2CC2)ccc2c(CCC3CCN(Cc4ccc(N(C)C)c(C#N)c4F)CC3)noc12.Cl.Cl.Cl. The highest BCUT2D eigenvalue weighted by atomic mass is 35.5. The maximum atomic E-state index is 15.0. The Morgan fingerprint density at radius 3 is 2.36 bits per heavy atom. The zero-order valence-electron chi connectivity index (χ0n) is 24.9. The number of benzene rings is 2. The number of aryl methyl sites for hydroxylation is 1. The first-order valence-corrected chi connectivity index (χ1v) is 14.1. The Hall–Kier alpha value is -2.28. The van der Waals surface area contributed by atoms with E-state index in [0.717, 1.165) is 79.9 Å². The number of rotatable bonds is 11. The van der Waals surface area contributed by atoms with Crippen molar-refractivity contribution in [3.05, 3.63) is 52.5 Å². The Labute approximate surface area is 267 Å². The van der Waals surface area contributed by atoms with Crippen LogP contribution in [0.25, 0.3) is 11.0 Å². The molecule has 2 aromatic carbocycles. The number of piperidine rings is 1. The molecule has 0 amide bonds. The first kappa shape index (κ1) is 35.9. The molecule has 0 atom stereocenters. The molecule has 232 valence electrons. The van der Waals surface area contributed by atoms with Gasteiger partial charge in [0.2, 0.25) is 0 Å². The van der Waals surface area contributed by atoms with Gasteiger partial charge in [0.1, 0.15) is 23.2 Å². The predicted octanol–water partition coefficient (Wildman–Crippen LogP) is 6.87. The van der Waals surface area contributed by atoms with Crippen molar-refractivity contribution in [2.75, 3.05) is 52.8 Å². The zero-order chi connectivity index (χ0) is 27.5. The van der Waals surface area contributed by atoms with E-state index in [1.807, 2.05) is 32.3 Å². The lowest BCUT2D eigenvalue weighted by molar-refractivity contribution is 0.170. The van der Waals surface area contributed by atoms with Gasteiger partial charge in [-0.1, -0.05) is 11.2 Å². The van der Waals surface area contributed by atoms with E-state index in [2.05, 4.69) is 41.2 Å². The summed E-state index contributed by atoms with van der Waals surface area (Å²) < 4.78 is 27.1. The summed E-state index contributed by atoms with van der Waals surface area (Å²) in [6.07, 6.45) is 6.61. The number of halogens is 4. The number of ether oxygens (including phenoxy) is 1. The highest BCUT2D eigenvalue weighted by molar-refractivity contribution is 5.86. The minimum atomic E-state index is -0.390. The molecule has 3 aromatic rings. The van der Waals surface area contributed by atoms with Crippen LogP contribution in [0.4, 0.5) is 10.1 Å². The van der Waals surface area contributed by atoms with Gasteiger partial charge < -0.3 is 19.1 Å². The fourth-order valence-corrected chi connectivity index (χ4v) is 5.59. The summed E-state index contributed by atoms with van der Waals surface area (Å²) in [5, 5.41) is 15.1. The average Bonchev–Trinajstić information content (AvgIpc) is 3.66. The second kappa shape index (κ2) is 16.0. The van der Waals surface area contributed by atoms with Crippen molar-refractivity contribution in [3.63, 3.8) is 0 Å². The Kier molecular flexibility index (Phi) is 13.7. The van der Waals surface area contributed by atoms with Crippen LogP contribution in [0.5, 0.6) is 5.75 Å². The van der Waals surface area contributed by atoms with Gasteiger partial charge in [0.15, 0.2) is 5.58 Å². The summed E-state index contributed by atoms with van der Waals surface area (Å²) in [4.78, 5) is 6.21. The van der Waals surface area contributed by atoms with Crippen LogP contribution in [0.15, 0.2) is 28.8 Å².